The molecule has 0 saturated heterocycles. The van der Waals surface area contributed by atoms with Gasteiger partial charge in [-0.2, -0.15) is 0 Å². The number of rotatable bonds is 2. The van der Waals surface area contributed by atoms with Gasteiger partial charge in [0.25, 0.3) is 0 Å². The molecule has 0 aromatic heterocycles. The molecule has 0 aliphatic carbocycles. The van der Waals surface area contributed by atoms with Crippen molar-refractivity contribution in [2.45, 2.75) is 13.3 Å². The largest absolute Gasteiger partial charge is 0.508 e. The van der Waals surface area contributed by atoms with Crippen LogP contribution in [0.5, 0.6) is 5.75 Å². The van der Waals surface area contributed by atoms with Crippen LogP contribution in [0.3, 0.4) is 0 Å². The van der Waals surface area contributed by atoms with Gasteiger partial charge in [-0.3, -0.25) is 0 Å². The van der Waals surface area contributed by atoms with E-state index in [1.165, 1.54) is 11.1 Å². The smallest absolute Gasteiger partial charge is 0.119 e. The summed E-state index contributed by atoms with van der Waals surface area (Å²) in [4.78, 5) is 0. The second-order valence-corrected chi connectivity index (χ2v) is 3.79. The van der Waals surface area contributed by atoms with Crippen LogP contribution in [0.1, 0.15) is 16.7 Å². The molecule has 2 aromatic carbocycles. The minimum absolute atomic E-state index is 0.373. The van der Waals surface area contributed by atoms with Gasteiger partial charge in [0.15, 0.2) is 0 Å². The molecule has 0 radical (unpaired) electrons. The van der Waals surface area contributed by atoms with Crippen LogP contribution in [0.25, 0.3) is 0 Å². The van der Waals surface area contributed by atoms with Gasteiger partial charge in [-0.25, -0.2) is 0 Å². The Kier molecular flexibility index (Phi) is 2.72. The molecule has 2 rings (SSSR count). The van der Waals surface area contributed by atoms with Gasteiger partial charge in [-0.1, -0.05) is 48.0 Å². The van der Waals surface area contributed by atoms with Crippen LogP contribution in [-0.2, 0) is 6.42 Å². The Morgan fingerprint density at radius 2 is 1.60 bits per heavy atom. The summed E-state index contributed by atoms with van der Waals surface area (Å²) in [5, 5.41) is 9.63. The summed E-state index contributed by atoms with van der Waals surface area (Å²) in [5.41, 5.74) is 3.46. The SMILES string of the molecule is Cc1ccc(Cc2ccccc2O)cc1. The molecule has 0 bridgehead atoms. The lowest BCUT2D eigenvalue weighted by molar-refractivity contribution is 0.469. The molecular formula is C14H14O. The van der Waals surface area contributed by atoms with Crippen LogP contribution in [0.2, 0.25) is 0 Å². The highest BCUT2D eigenvalue weighted by Gasteiger charge is 2.00. The summed E-state index contributed by atoms with van der Waals surface area (Å²) in [5.74, 6) is 0.373. The van der Waals surface area contributed by atoms with Crippen molar-refractivity contribution in [2.75, 3.05) is 0 Å². The third kappa shape index (κ3) is 2.38. The highest BCUT2D eigenvalue weighted by atomic mass is 16.3. The molecule has 0 aliphatic heterocycles. The number of hydrogen-bond acceptors (Lipinski definition) is 1. The molecule has 0 spiro atoms. The predicted molar refractivity (Wildman–Crippen MR) is 62.1 cm³/mol. The topological polar surface area (TPSA) is 20.2 Å². The molecule has 2 aromatic rings. The van der Waals surface area contributed by atoms with Crippen molar-refractivity contribution >= 4 is 0 Å². The lowest BCUT2D eigenvalue weighted by atomic mass is 10.0. The van der Waals surface area contributed by atoms with Crippen molar-refractivity contribution in [1.82, 2.24) is 0 Å². The van der Waals surface area contributed by atoms with Gasteiger partial charge in [-0.05, 0) is 24.1 Å². The van der Waals surface area contributed by atoms with E-state index < -0.39 is 0 Å². The van der Waals surface area contributed by atoms with E-state index in [0.29, 0.717) is 5.75 Å². The molecule has 1 heteroatoms. The van der Waals surface area contributed by atoms with E-state index >= 15 is 0 Å². The first-order valence-corrected chi connectivity index (χ1v) is 5.08. The fraction of sp³-hybridized carbons (Fsp3) is 0.143. The molecule has 0 fully saturated rings. The van der Waals surface area contributed by atoms with Crippen molar-refractivity contribution in [3.63, 3.8) is 0 Å². The van der Waals surface area contributed by atoms with Crippen molar-refractivity contribution < 1.29 is 5.11 Å². The zero-order valence-electron chi connectivity index (χ0n) is 8.77. The van der Waals surface area contributed by atoms with Gasteiger partial charge in [0, 0.05) is 6.42 Å². The van der Waals surface area contributed by atoms with Crippen molar-refractivity contribution in [3.05, 3.63) is 65.2 Å². The van der Waals surface area contributed by atoms with Crippen molar-refractivity contribution in [2.24, 2.45) is 0 Å². The third-order valence-corrected chi connectivity index (χ3v) is 2.51. The average molecular weight is 198 g/mol. The van der Waals surface area contributed by atoms with Gasteiger partial charge in [0.05, 0.1) is 0 Å². The van der Waals surface area contributed by atoms with Crippen LogP contribution in [0.15, 0.2) is 48.5 Å². The number of phenols is 1. The molecule has 0 saturated carbocycles. The summed E-state index contributed by atoms with van der Waals surface area (Å²) in [6.07, 6.45) is 0.785. The fourth-order valence-corrected chi connectivity index (χ4v) is 1.59. The van der Waals surface area contributed by atoms with E-state index in [1.54, 1.807) is 6.07 Å². The number of hydrogen-bond donors (Lipinski definition) is 1. The minimum atomic E-state index is 0.373. The molecule has 15 heavy (non-hydrogen) atoms. The lowest BCUT2D eigenvalue weighted by Gasteiger charge is -2.04. The van der Waals surface area contributed by atoms with E-state index in [4.69, 9.17) is 0 Å². The maximum Gasteiger partial charge on any atom is 0.119 e. The molecule has 1 N–H and O–H groups in total. The zero-order chi connectivity index (χ0) is 10.7. The number of aryl methyl sites for hydroxylation is 1. The standard InChI is InChI=1S/C14H14O/c1-11-6-8-12(9-7-11)10-13-4-2-3-5-14(13)15/h2-9,15H,10H2,1H3. The number of benzene rings is 2. The Labute approximate surface area is 90.0 Å². The minimum Gasteiger partial charge on any atom is -0.508 e. The Balaban J connectivity index is 2.22. The second-order valence-electron chi connectivity index (χ2n) is 3.79. The Bertz CT molecular complexity index is 443. The zero-order valence-corrected chi connectivity index (χ0v) is 8.77. The Morgan fingerprint density at radius 1 is 0.933 bits per heavy atom. The van der Waals surface area contributed by atoms with Crippen LogP contribution in [0.4, 0.5) is 0 Å². The van der Waals surface area contributed by atoms with E-state index in [2.05, 4.69) is 31.2 Å². The summed E-state index contributed by atoms with van der Waals surface area (Å²) in [6, 6.07) is 15.9. The number of aromatic hydroxyl groups is 1. The predicted octanol–water partition coefficient (Wildman–Crippen LogP) is 3.29. The molecule has 1 nitrogen and oxygen atoms in total. The van der Waals surface area contributed by atoms with Crippen LogP contribution >= 0.6 is 0 Å². The van der Waals surface area contributed by atoms with Gasteiger partial charge in [-0.15, -0.1) is 0 Å². The number of phenolic OH excluding ortho intramolecular Hbond substituents is 1. The van der Waals surface area contributed by atoms with Gasteiger partial charge >= 0.3 is 0 Å². The maximum absolute atomic E-state index is 9.63. The first kappa shape index (κ1) is 9.78. The first-order valence-electron chi connectivity index (χ1n) is 5.08. The van der Waals surface area contributed by atoms with Crippen LogP contribution < -0.4 is 0 Å². The van der Waals surface area contributed by atoms with Gasteiger partial charge in [0.1, 0.15) is 5.75 Å². The van der Waals surface area contributed by atoms with Crippen molar-refractivity contribution in [3.8, 4) is 5.75 Å². The molecule has 0 amide bonds. The molecular weight excluding hydrogens is 184 g/mol. The van der Waals surface area contributed by atoms with E-state index in [0.717, 1.165) is 12.0 Å². The average Bonchev–Trinajstić information content (AvgIpc) is 2.25. The second kappa shape index (κ2) is 4.18. The highest BCUT2D eigenvalue weighted by Crippen LogP contribution is 2.19. The summed E-state index contributed by atoms with van der Waals surface area (Å²) < 4.78 is 0. The lowest BCUT2D eigenvalue weighted by Crippen LogP contribution is -1.88. The van der Waals surface area contributed by atoms with E-state index in [9.17, 15) is 5.11 Å². The number of para-hydroxylation sites is 1. The van der Waals surface area contributed by atoms with Crippen molar-refractivity contribution in [1.29, 1.82) is 0 Å². The van der Waals surface area contributed by atoms with E-state index in [1.807, 2.05) is 18.2 Å². The highest BCUT2D eigenvalue weighted by molar-refractivity contribution is 5.36. The van der Waals surface area contributed by atoms with Gasteiger partial charge < -0.3 is 5.11 Å². The van der Waals surface area contributed by atoms with Crippen LogP contribution in [0, 0.1) is 6.92 Å². The fourth-order valence-electron chi connectivity index (χ4n) is 1.59. The maximum atomic E-state index is 9.63. The Morgan fingerprint density at radius 3 is 2.27 bits per heavy atom. The summed E-state index contributed by atoms with van der Waals surface area (Å²) >= 11 is 0. The normalized spacial score (nSPS) is 10.2. The van der Waals surface area contributed by atoms with Gasteiger partial charge in [0.2, 0.25) is 0 Å². The molecule has 0 aliphatic rings. The monoisotopic (exact) mass is 198 g/mol. The molecule has 0 unspecified atom stereocenters. The van der Waals surface area contributed by atoms with E-state index in [-0.39, 0.29) is 0 Å². The summed E-state index contributed by atoms with van der Waals surface area (Å²) in [7, 11) is 0. The molecule has 0 heterocycles. The molecule has 76 valence electrons. The first-order chi connectivity index (χ1) is 7.25. The quantitative estimate of drug-likeness (QED) is 0.785. The Hall–Kier alpha value is -1.76. The summed E-state index contributed by atoms with van der Waals surface area (Å²) in [6.45, 7) is 2.07. The molecule has 0 atom stereocenters. The van der Waals surface area contributed by atoms with Crippen LogP contribution in [-0.4, -0.2) is 5.11 Å². The third-order valence-electron chi connectivity index (χ3n) is 2.51.